The summed E-state index contributed by atoms with van der Waals surface area (Å²) in [6, 6.07) is 7.91. The van der Waals surface area contributed by atoms with Gasteiger partial charge in [0, 0.05) is 12.1 Å². The third-order valence-corrected chi connectivity index (χ3v) is 5.71. The molecule has 0 amide bonds. The van der Waals surface area contributed by atoms with Gasteiger partial charge in [-0.1, -0.05) is 11.8 Å². The first kappa shape index (κ1) is 17.0. The lowest BCUT2D eigenvalue weighted by molar-refractivity contribution is 0.529. The molecule has 0 unspecified atom stereocenters. The second-order valence-corrected chi connectivity index (χ2v) is 7.35. The summed E-state index contributed by atoms with van der Waals surface area (Å²) in [4.78, 5) is 21.4. The van der Waals surface area contributed by atoms with Crippen molar-refractivity contribution >= 4 is 33.3 Å². The van der Waals surface area contributed by atoms with Crippen LogP contribution in [0.4, 0.5) is 4.39 Å². The van der Waals surface area contributed by atoms with Gasteiger partial charge in [0.15, 0.2) is 10.9 Å². The highest BCUT2D eigenvalue weighted by Crippen LogP contribution is 2.26. The quantitative estimate of drug-likeness (QED) is 0.371. The highest BCUT2D eigenvalue weighted by Gasteiger charge is 2.13. The van der Waals surface area contributed by atoms with E-state index in [9.17, 15) is 9.18 Å². The van der Waals surface area contributed by atoms with Crippen molar-refractivity contribution < 1.29 is 8.81 Å². The molecule has 3 heterocycles. The molecule has 0 fully saturated rings. The Labute approximate surface area is 156 Å². The van der Waals surface area contributed by atoms with Crippen LogP contribution in [-0.2, 0) is 12.3 Å². The molecule has 0 aliphatic heterocycles. The third kappa shape index (κ3) is 3.17. The topological polar surface area (TPSA) is 60.9 Å². The Bertz CT molecular complexity index is 1120. The van der Waals surface area contributed by atoms with Gasteiger partial charge in [0.1, 0.15) is 10.5 Å². The van der Waals surface area contributed by atoms with E-state index < -0.39 is 0 Å². The fourth-order valence-corrected chi connectivity index (χ4v) is 4.26. The van der Waals surface area contributed by atoms with Crippen molar-refractivity contribution in [3.8, 4) is 11.3 Å². The minimum atomic E-state index is -0.295. The third-order valence-electron chi connectivity index (χ3n) is 3.85. The molecule has 132 valence electrons. The summed E-state index contributed by atoms with van der Waals surface area (Å²) in [5.74, 6) is 1.26. The Morgan fingerprint density at radius 2 is 2.08 bits per heavy atom. The van der Waals surface area contributed by atoms with E-state index in [2.05, 4.69) is 9.97 Å². The number of hydrogen-bond acceptors (Lipinski definition) is 6. The smallest absolute Gasteiger partial charge is 0.272 e. The van der Waals surface area contributed by atoms with Crippen molar-refractivity contribution in [2.24, 2.45) is 0 Å². The van der Waals surface area contributed by atoms with Gasteiger partial charge >= 0.3 is 0 Å². The van der Waals surface area contributed by atoms with Crippen molar-refractivity contribution in [3.63, 3.8) is 0 Å². The monoisotopic (exact) mass is 387 g/mol. The summed E-state index contributed by atoms with van der Waals surface area (Å²) < 4.78 is 21.1. The maximum absolute atomic E-state index is 13.0. The van der Waals surface area contributed by atoms with Gasteiger partial charge in [0.25, 0.3) is 5.56 Å². The van der Waals surface area contributed by atoms with Crippen molar-refractivity contribution in [2.75, 3.05) is 0 Å². The van der Waals surface area contributed by atoms with Crippen LogP contribution < -0.4 is 5.56 Å². The number of fused-ring (bicyclic) bond motifs is 1. The molecule has 0 bridgehead atoms. The number of oxazole rings is 1. The minimum absolute atomic E-state index is 0.0191. The molecule has 0 spiro atoms. The number of halogens is 1. The van der Waals surface area contributed by atoms with Crippen LogP contribution in [0.25, 0.3) is 21.5 Å². The standard InChI is InChI=1S/C18H14FN3O2S2/c1-2-22-17(23)16-13(7-8-25-16)21-18(22)26-10-15-20-9-14(24-15)11-3-5-12(19)6-4-11/h3-9H,2,10H2,1H3. The first-order valence-electron chi connectivity index (χ1n) is 7.97. The Morgan fingerprint density at radius 3 is 2.85 bits per heavy atom. The normalized spacial score (nSPS) is 11.3. The molecule has 0 saturated carbocycles. The molecular formula is C18H14FN3O2S2. The summed E-state index contributed by atoms with van der Waals surface area (Å²) in [6.07, 6.45) is 1.62. The Hall–Kier alpha value is -2.45. The van der Waals surface area contributed by atoms with Gasteiger partial charge in [-0.25, -0.2) is 14.4 Å². The molecule has 0 atom stereocenters. The van der Waals surface area contributed by atoms with Crippen molar-refractivity contribution in [1.29, 1.82) is 0 Å². The molecule has 26 heavy (non-hydrogen) atoms. The molecule has 1 aromatic carbocycles. The average Bonchev–Trinajstić information content (AvgIpc) is 3.30. The largest absolute Gasteiger partial charge is 0.440 e. The second kappa shape index (κ2) is 7.05. The summed E-state index contributed by atoms with van der Waals surface area (Å²) in [6.45, 7) is 2.47. The summed E-state index contributed by atoms with van der Waals surface area (Å²) >= 11 is 2.81. The average molecular weight is 387 g/mol. The van der Waals surface area contributed by atoms with E-state index in [4.69, 9.17) is 4.42 Å². The highest BCUT2D eigenvalue weighted by molar-refractivity contribution is 7.98. The van der Waals surface area contributed by atoms with E-state index in [1.54, 1.807) is 22.9 Å². The van der Waals surface area contributed by atoms with Crippen LogP contribution in [0.15, 0.2) is 56.3 Å². The molecule has 4 rings (SSSR count). The van der Waals surface area contributed by atoms with Gasteiger partial charge in [-0.2, -0.15) is 0 Å². The fourth-order valence-electron chi connectivity index (χ4n) is 2.56. The summed E-state index contributed by atoms with van der Waals surface area (Å²) in [7, 11) is 0. The van der Waals surface area contributed by atoms with Crippen LogP contribution in [0.2, 0.25) is 0 Å². The Morgan fingerprint density at radius 1 is 1.27 bits per heavy atom. The summed E-state index contributed by atoms with van der Waals surface area (Å²) in [5, 5.41) is 2.52. The zero-order valence-electron chi connectivity index (χ0n) is 13.8. The SMILES string of the molecule is CCn1c(SCc2ncc(-c3ccc(F)cc3)o2)nc2ccsc2c1=O. The molecule has 3 aromatic heterocycles. The predicted molar refractivity (Wildman–Crippen MR) is 101 cm³/mol. The lowest BCUT2D eigenvalue weighted by atomic mass is 10.2. The molecule has 8 heteroatoms. The predicted octanol–water partition coefficient (Wildman–Crippen LogP) is 4.56. The minimum Gasteiger partial charge on any atom is -0.440 e. The molecule has 5 nitrogen and oxygen atoms in total. The zero-order chi connectivity index (χ0) is 18.1. The zero-order valence-corrected chi connectivity index (χ0v) is 15.4. The first-order chi connectivity index (χ1) is 12.7. The van der Waals surface area contributed by atoms with Crippen LogP contribution in [-0.4, -0.2) is 14.5 Å². The highest BCUT2D eigenvalue weighted by atomic mass is 32.2. The number of thioether (sulfide) groups is 1. The van der Waals surface area contributed by atoms with Gasteiger partial charge in [0.05, 0.1) is 17.5 Å². The van der Waals surface area contributed by atoms with E-state index >= 15 is 0 Å². The molecule has 4 aromatic rings. The van der Waals surface area contributed by atoms with Crippen molar-refractivity contribution in [1.82, 2.24) is 14.5 Å². The van der Waals surface area contributed by atoms with Gasteiger partial charge in [0.2, 0.25) is 5.89 Å². The van der Waals surface area contributed by atoms with E-state index in [1.165, 1.54) is 35.2 Å². The number of thiophene rings is 1. The molecule has 0 aliphatic carbocycles. The van der Waals surface area contributed by atoms with E-state index in [-0.39, 0.29) is 11.4 Å². The van der Waals surface area contributed by atoms with Gasteiger partial charge < -0.3 is 4.42 Å². The van der Waals surface area contributed by atoms with Crippen LogP contribution in [0.1, 0.15) is 12.8 Å². The molecule has 0 saturated heterocycles. The van der Waals surface area contributed by atoms with Crippen LogP contribution in [0, 0.1) is 5.82 Å². The lowest BCUT2D eigenvalue weighted by Crippen LogP contribution is -2.21. The van der Waals surface area contributed by atoms with Gasteiger partial charge in [-0.15, -0.1) is 11.3 Å². The van der Waals surface area contributed by atoms with E-state index in [0.29, 0.717) is 39.3 Å². The molecule has 0 aliphatic rings. The van der Waals surface area contributed by atoms with Crippen LogP contribution in [0.3, 0.4) is 0 Å². The summed E-state index contributed by atoms with van der Waals surface area (Å²) in [5.41, 5.74) is 1.46. The Balaban J connectivity index is 1.57. The fraction of sp³-hybridized carbons (Fsp3) is 0.167. The van der Waals surface area contributed by atoms with Crippen molar-refractivity contribution in [2.45, 2.75) is 24.4 Å². The maximum Gasteiger partial charge on any atom is 0.272 e. The van der Waals surface area contributed by atoms with E-state index in [1.807, 2.05) is 18.4 Å². The second-order valence-electron chi connectivity index (χ2n) is 5.49. The van der Waals surface area contributed by atoms with Gasteiger partial charge in [-0.05, 0) is 42.6 Å². The first-order valence-corrected chi connectivity index (χ1v) is 9.83. The molecule has 0 N–H and O–H groups in total. The number of benzene rings is 1. The van der Waals surface area contributed by atoms with Gasteiger partial charge in [-0.3, -0.25) is 9.36 Å². The molecular weight excluding hydrogens is 373 g/mol. The number of aromatic nitrogens is 3. The molecule has 0 radical (unpaired) electrons. The maximum atomic E-state index is 13.0. The Kier molecular flexibility index (Phi) is 4.60. The number of hydrogen-bond donors (Lipinski definition) is 0. The van der Waals surface area contributed by atoms with Crippen LogP contribution >= 0.6 is 23.1 Å². The van der Waals surface area contributed by atoms with Crippen LogP contribution in [0.5, 0.6) is 0 Å². The number of rotatable bonds is 5. The number of nitrogens with zero attached hydrogens (tertiary/aromatic N) is 3. The van der Waals surface area contributed by atoms with E-state index in [0.717, 1.165) is 5.56 Å². The van der Waals surface area contributed by atoms with Crippen molar-refractivity contribution in [3.05, 3.63) is 64.0 Å². The lowest BCUT2D eigenvalue weighted by Gasteiger charge is -2.08.